The third-order valence-corrected chi connectivity index (χ3v) is 7.04. The maximum atomic E-state index is 12.9. The molecule has 1 amide bonds. The van der Waals surface area contributed by atoms with Gasteiger partial charge < -0.3 is 9.64 Å². The summed E-state index contributed by atoms with van der Waals surface area (Å²) in [5, 5.41) is 0. The highest BCUT2D eigenvalue weighted by Crippen LogP contribution is 2.30. The van der Waals surface area contributed by atoms with Gasteiger partial charge in [0.2, 0.25) is 15.9 Å². The molecule has 2 aliphatic heterocycles. The van der Waals surface area contributed by atoms with Crippen molar-refractivity contribution in [2.45, 2.75) is 17.9 Å². The predicted molar refractivity (Wildman–Crippen MR) is 106 cm³/mol. The summed E-state index contributed by atoms with van der Waals surface area (Å²) in [6.07, 6.45) is 0.316. The molecule has 9 heteroatoms. The van der Waals surface area contributed by atoms with Crippen LogP contribution in [0.2, 0.25) is 0 Å². The first kappa shape index (κ1) is 20.5. The molecule has 0 aliphatic carbocycles. The third kappa shape index (κ3) is 4.22. The zero-order valence-electron chi connectivity index (χ0n) is 16.0. The Kier molecular flexibility index (Phi) is 5.57. The van der Waals surface area contributed by atoms with Crippen LogP contribution in [0.4, 0.5) is 8.78 Å². The largest absolute Gasteiger partial charge is 0.435 e. The molecule has 2 aromatic carbocycles. The Morgan fingerprint density at radius 2 is 1.53 bits per heavy atom. The molecule has 4 rings (SSSR count). The van der Waals surface area contributed by atoms with E-state index in [1.54, 1.807) is 4.90 Å². The molecule has 0 aromatic heterocycles. The first-order valence-corrected chi connectivity index (χ1v) is 10.8. The van der Waals surface area contributed by atoms with Crippen molar-refractivity contribution >= 4 is 15.9 Å². The predicted octanol–water partition coefficient (Wildman–Crippen LogP) is 2.67. The number of hydrogen-bond acceptors (Lipinski definition) is 4. The highest BCUT2D eigenvalue weighted by atomic mass is 32.2. The van der Waals surface area contributed by atoms with E-state index in [0.29, 0.717) is 19.5 Å². The molecule has 0 radical (unpaired) electrons. The molecule has 30 heavy (non-hydrogen) atoms. The summed E-state index contributed by atoms with van der Waals surface area (Å²) in [5.41, 5.74) is 2.83. The number of rotatable bonds is 6. The normalized spacial score (nSPS) is 17.0. The molecular formula is C21H20F2N2O4S. The Hall–Kier alpha value is -2.78. The summed E-state index contributed by atoms with van der Waals surface area (Å²) in [6.45, 7) is -1.67. The van der Waals surface area contributed by atoms with Crippen molar-refractivity contribution in [1.82, 2.24) is 9.21 Å². The van der Waals surface area contributed by atoms with Gasteiger partial charge in [0.25, 0.3) is 0 Å². The monoisotopic (exact) mass is 434 g/mol. The van der Waals surface area contributed by atoms with Crippen molar-refractivity contribution in [2.75, 3.05) is 26.2 Å². The minimum atomic E-state index is -3.77. The summed E-state index contributed by atoms with van der Waals surface area (Å²) >= 11 is 0. The number of hydrogen-bond donors (Lipinski definition) is 0. The lowest BCUT2D eigenvalue weighted by molar-refractivity contribution is -0.129. The molecule has 2 heterocycles. The number of benzene rings is 2. The van der Waals surface area contributed by atoms with Gasteiger partial charge in [0.1, 0.15) is 5.75 Å². The highest BCUT2D eigenvalue weighted by molar-refractivity contribution is 7.89. The SMILES string of the molecule is O=C(Cc1ccccc1)N1CC2=C(C1)CN(S(=O)(=O)c1ccc(OC(F)F)cc1)C2. The number of carbonyl (C=O) groups excluding carboxylic acids is 1. The van der Waals surface area contributed by atoms with Crippen LogP contribution in [0.1, 0.15) is 5.56 Å². The maximum Gasteiger partial charge on any atom is 0.387 e. The molecule has 0 fully saturated rings. The van der Waals surface area contributed by atoms with Gasteiger partial charge in [-0.1, -0.05) is 30.3 Å². The minimum absolute atomic E-state index is 0.0135. The third-order valence-electron chi connectivity index (χ3n) is 5.24. The molecule has 2 aliphatic rings. The van der Waals surface area contributed by atoms with Gasteiger partial charge in [0, 0.05) is 26.2 Å². The van der Waals surface area contributed by atoms with E-state index >= 15 is 0 Å². The van der Waals surface area contributed by atoms with Gasteiger partial charge >= 0.3 is 6.61 Å². The van der Waals surface area contributed by atoms with E-state index in [-0.39, 0.29) is 29.6 Å². The fraction of sp³-hybridized carbons (Fsp3) is 0.286. The van der Waals surface area contributed by atoms with Gasteiger partial charge in [0.15, 0.2) is 0 Å². The second-order valence-corrected chi connectivity index (χ2v) is 9.18. The number of sulfonamides is 1. The second-order valence-electron chi connectivity index (χ2n) is 7.24. The van der Waals surface area contributed by atoms with E-state index in [2.05, 4.69) is 4.74 Å². The van der Waals surface area contributed by atoms with Crippen LogP contribution < -0.4 is 4.74 Å². The number of alkyl halides is 2. The number of halogens is 2. The van der Waals surface area contributed by atoms with Gasteiger partial charge in [-0.05, 0) is 41.0 Å². The van der Waals surface area contributed by atoms with Crippen molar-refractivity contribution in [3.05, 3.63) is 71.3 Å². The Bertz CT molecular complexity index is 1050. The lowest BCUT2D eigenvalue weighted by Gasteiger charge is -2.23. The quantitative estimate of drug-likeness (QED) is 0.656. The Balaban J connectivity index is 1.37. The molecule has 2 aromatic rings. The van der Waals surface area contributed by atoms with Crippen LogP contribution in [0.5, 0.6) is 5.75 Å². The van der Waals surface area contributed by atoms with Crippen LogP contribution in [0, 0.1) is 0 Å². The smallest absolute Gasteiger partial charge is 0.387 e. The number of amides is 1. The molecule has 0 saturated heterocycles. The summed E-state index contributed by atoms with van der Waals surface area (Å²) in [6, 6.07) is 14.4. The second kappa shape index (κ2) is 8.16. The van der Waals surface area contributed by atoms with Crippen molar-refractivity contribution in [2.24, 2.45) is 0 Å². The van der Waals surface area contributed by atoms with Crippen LogP contribution >= 0.6 is 0 Å². The van der Waals surface area contributed by atoms with Gasteiger partial charge in [-0.25, -0.2) is 8.42 Å². The van der Waals surface area contributed by atoms with Crippen LogP contribution in [-0.2, 0) is 21.2 Å². The zero-order valence-corrected chi connectivity index (χ0v) is 16.8. The van der Waals surface area contributed by atoms with Crippen LogP contribution in [0.3, 0.4) is 0 Å². The molecule has 0 saturated carbocycles. The summed E-state index contributed by atoms with van der Waals surface area (Å²) in [4.78, 5) is 14.3. The summed E-state index contributed by atoms with van der Waals surface area (Å²) in [7, 11) is -3.77. The van der Waals surface area contributed by atoms with Crippen molar-refractivity contribution < 1.29 is 26.7 Å². The lowest BCUT2D eigenvalue weighted by atomic mass is 10.1. The van der Waals surface area contributed by atoms with E-state index in [9.17, 15) is 22.0 Å². The molecule has 0 spiro atoms. The lowest BCUT2D eigenvalue weighted by Crippen LogP contribution is -2.37. The van der Waals surface area contributed by atoms with Gasteiger partial charge in [-0.3, -0.25) is 4.79 Å². The Morgan fingerprint density at radius 1 is 0.933 bits per heavy atom. The number of carbonyl (C=O) groups is 1. The summed E-state index contributed by atoms with van der Waals surface area (Å²) < 4.78 is 55.9. The zero-order chi connectivity index (χ0) is 21.3. The molecule has 0 atom stereocenters. The van der Waals surface area contributed by atoms with Crippen LogP contribution in [0.15, 0.2) is 70.6 Å². The molecule has 0 bridgehead atoms. The van der Waals surface area contributed by atoms with Crippen molar-refractivity contribution in [3.8, 4) is 5.75 Å². The van der Waals surface area contributed by atoms with Crippen molar-refractivity contribution in [3.63, 3.8) is 0 Å². The Labute approximate surface area is 173 Å². The maximum absolute atomic E-state index is 12.9. The van der Waals surface area contributed by atoms with Crippen molar-refractivity contribution in [1.29, 1.82) is 0 Å². The van der Waals surface area contributed by atoms with E-state index in [4.69, 9.17) is 0 Å². The van der Waals surface area contributed by atoms with E-state index in [1.807, 2.05) is 30.3 Å². The molecule has 0 N–H and O–H groups in total. The van der Waals surface area contributed by atoms with Crippen LogP contribution in [-0.4, -0.2) is 56.3 Å². The highest BCUT2D eigenvalue weighted by Gasteiger charge is 2.37. The van der Waals surface area contributed by atoms with E-state index in [0.717, 1.165) is 16.7 Å². The fourth-order valence-corrected chi connectivity index (χ4v) is 5.15. The average Bonchev–Trinajstić information content (AvgIpc) is 3.28. The Morgan fingerprint density at radius 3 is 2.10 bits per heavy atom. The van der Waals surface area contributed by atoms with E-state index in [1.165, 1.54) is 28.6 Å². The number of nitrogens with zero attached hydrogens (tertiary/aromatic N) is 2. The standard InChI is InChI=1S/C21H20F2N2O4S/c22-21(23)29-18-6-8-19(9-7-18)30(27,28)25-13-16-11-24(12-17(16)14-25)20(26)10-15-4-2-1-3-5-15/h1-9,21H,10-14H2. The molecular weight excluding hydrogens is 414 g/mol. The minimum Gasteiger partial charge on any atom is -0.435 e. The summed E-state index contributed by atoms with van der Waals surface area (Å²) in [5.74, 6) is -0.0850. The molecule has 158 valence electrons. The van der Waals surface area contributed by atoms with E-state index < -0.39 is 16.6 Å². The van der Waals surface area contributed by atoms with Gasteiger partial charge in [-0.15, -0.1) is 0 Å². The van der Waals surface area contributed by atoms with Crippen LogP contribution in [0.25, 0.3) is 0 Å². The first-order valence-electron chi connectivity index (χ1n) is 9.39. The molecule has 0 unspecified atom stereocenters. The number of ether oxygens (including phenoxy) is 1. The van der Waals surface area contributed by atoms with Gasteiger partial charge in [0.05, 0.1) is 11.3 Å². The first-order chi connectivity index (χ1) is 14.3. The topological polar surface area (TPSA) is 66.9 Å². The average molecular weight is 434 g/mol. The van der Waals surface area contributed by atoms with Gasteiger partial charge in [-0.2, -0.15) is 13.1 Å². The molecule has 6 nitrogen and oxygen atoms in total. The fourth-order valence-electron chi connectivity index (χ4n) is 3.72.